The minimum Gasteiger partial charge on any atom is -0.478 e. The Morgan fingerprint density at radius 2 is 1.84 bits per heavy atom. The molecule has 1 amide bonds. The van der Waals surface area contributed by atoms with Crippen LogP contribution in [-0.4, -0.2) is 23.5 Å². The van der Waals surface area contributed by atoms with Gasteiger partial charge in [0.1, 0.15) is 0 Å². The Bertz CT molecular complexity index is 805. The van der Waals surface area contributed by atoms with Crippen molar-refractivity contribution in [3.63, 3.8) is 0 Å². The quantitative estimate of drug-likeness (QED) is 0.845. The van der Waals surface area contributed by atoms with E-state index in [1.54, 1.807) is 12.1 Å². The van der Waals surface area contributed by atoms with Crippen LogP contribution in [0.4, 0.5) is 8.78 Å². The lowest BCUT2D eigenvalue weighted by molar-refractivity contribution is -0.122. The third-order valence-electron chi connectivity index (χ3n) is 4.42. The number of hydrogen-bond acceptors (Lipinski definition) is 2. The van der Waals surface area contributed by atoms with Crippen molar-refractivity contribution in [1.29, 1.82) is 0 Å². The maximum atomic E-state index is 13.7. The molecule has 1 fully saturated rings. The Morgan fingerprint density at radius 1 is 1.12 bits per heavy atom. The van der Waals surface area contributed by atoms with E-state index in [4.69, 9.17) is 5.11 Å². The van der Waals surface area contributed by atoms with E-state index in [1.165, 1.54) is 24.3 Å². The number of amides is 1. The first-order valence-electron chi connectivity index (χ1n) is 8.01. The predicted octanol–water partition coefficient (Wildman–Crippen LogP) is 3.13. The number of carbonyl (C=O) groups is 2. The van der Waals surface area contributed by atoms with Gasteiger partial charge < -0.3 is 10.4 Å². The van der Waals surface area contributed by atoms with Crippen molar-refractivity contribution in [3.8, 4) is 0 Å². The van der Waals surface area contributed by atoms with Crippen LogP contribution >= 0.6 is 0 Å². The van der Waals surface area contributed by atoms with E-state index in [-0.39, 0.29) is 28.9 Å². The molecule has 0 saturated heterocycles. The second-order valence-electron chi connectivity index (χ2n) is 6.13. The number of halogens is 2. The second-order valence-corrected chi connectivity index (χ2v) is 6.13. The van der Waals surface area contributed by atoms with Crippen molar-refractivity contribution in [2.75, 3.05) is 6.54 Å². The zero-order chi connectivity index (χ0) is 18.0. The van der Waals surface area contributed by atoms with Crippen LogP contribution in [-0.2, 0) is 11.2 Å². The lowest BCUT2D eigenvalue weighted by Crippen LogP contribution is -2.27. The van der Waals surface area contributed by atoms with E-state index < -0.39 is 17.6 Å². The van der Waals surface area contributed by atoms with Crippen molar-refractivity contribution >= 4 is 11.9 Å². The van der Waals surface area contributed by atoms with Gasteiger partial charge in [0.05, 0.1) is 5.56 Å². The number of nitrogens with one attached hydrogen (secondary N) is 1. The van der Waals surface area contributed by atoms with Crippen LogP contribution in [0.25, 0.3) is 0 Å². The van der Waals surface area contributed by atoms with Gasteiger partial charge in [-0.15, -0.1) is 0 Å². The monoisotopic (exact) mass is 345 g/mol. The van der Waals surface area contributed by atoms with Crippen LogP contribution in [0.3, 0.4) is 0 Å². The summed E-state index contributed by atoms with van der Waals surface area (Å²) in [6.07, 6.45) is 1.08. The van der Waals surface area contributed by atoms with Gasteiger partial charge in [0, 0.05) is 12.5 Å². The van der Waals surface area contributed by atoms with Gasteiger partial charge in [0.25, 0.3) is 0 Å². The molecule has 0 heterocycles. The van der Waals surface area contributed by atoms with Crippen molar-refractivity contribution in [3.05, 3.63) is 70.8 Å². The number of carboxylic acids is 1. The molecule has 0 spiro atoms. The number of carbonyl (C=O) groups excluding carboxylic acids is 1. The largest absolute Gasteiger partial charge is 0.478 e. The number of benzene rings is 2. The predicted molar refractivity (Wildman–Crippen MR) is 87.3 cm³/mol. The summed E-state index contributed by atoms with van der Waals surface area (Å²) in [6.45, 7) is 0.403. The number of carboxylic acid groups (broad SMARTS) is 1. The minimum absolute atomic E-state index is 0.171. The molecule has 1 aliphatic rings. The van der Waals surface area contributed by atoms with E-state index in [0.717, 1.165) is 11.6 Å². The van der Waals surface area contributed by atoms with Crippen LogP contribution in [0, 0.1) is 17.6 Å². The maximum Gasteiger partial charge on any atom is 0.335 e. The molecule has 0 aromatic heterocycles. The molecule has 2 aromatic rings. The summed E-state index contributed by atoms with van der Waals surface area (Å²) in [5.74, 6) is -3.52. The molecule has 6 heteroatoms. The fourth-order valence-electron chi connectivity index (χ4n) is 2.91. The van der Waals surface area contributed by atoms with Gasteiger partial charge in [-0.25, -0.2) is 13.6 Å². The van der Waals surface area contributed by atoms with Gasteiger partial charge in [-0.3, -0.25) is 4.79 Å². The van der Waals surface area contributed by atoms with Crippen molar-refractivity contribution in [1.82, 2.24) is 5.32 Å². The molecule has 4 nitrogen and oxygen atoms in total. The highest BCUT2D eigenvalue weighted by atomic mass is 19.2. The smallest absolute Gasteiger partial charge is 0.335 e. The summed E-state index contributed by atoms with van der Waals surface area (Å²) in [5.41, 5.74) is 1.38. The van der Waals surface area contributed by atoms with Crippen LogP contribution in [0.15, 0.2) is 42.5 Å². The maximum absolute atomic E-state index is 13.7. The standard InChI is InChI=1S/C19H17F2NO3/c20-16-3-1-2-13(17(16)21)14-10-15(14)18(23)22-9-8-11-4-6-12(7-5-11)19(24)25/h1-7,14-15H,8-10H2,(H,22,23)(H,24,25). The Balaban J connectivity index is 1.49. The zero-order valence-electron chi connectivity index (χ0n) is 13.3. The van der Waals surface area contributed by atoms with Gasteiger partial charge in [-0.05, 0) is 48.1 Å². The fraction of sp³-hybridized carbons (Fsp3) is 0.263. The van der Waals surface area contributed by atoms with E-state index in [1.807, 2.05) is 0 Å². The van der Waals surface area contributed by atoms with Crippen LogP contribution in [0.5, 0.6) is 0 Å². The summed E-state index contributed by atoms with van der Waals surface area (Å²) in [7, 11) is 0. The first kappa shape index (κ1) is 17.1. The molecule has 2 aromatic carbocycles. The summed E-state index contributed by atoms with van der Waals surface area (Å²) in [5, 5.41) is 11.6. The summed E-state index contributed by atoms with van der Waals surface area (Å²) >= 11 is 0. The lowest BCUT2D eigenvalue weighted by Gasteiger charge is -2.06. The normalized spacial score (nSPS) is 18.6. The second kappa shape index (κ2) is 7.01. The molecule has 1 saturated carbocycles. The van der Waals surface area contributed by atoms with Gasteiger partial charge in [0.2, 0.25) is 5.91 Å². The van der Waals surface area contributed by atoms with E-state index in [9.17, 15) is 18.4 Å². The lowest BCUT2D eigenvalue weighted by atomic mass is 10.1. The van der Waals surface area contributed by atoms with Crippen LogP contribution < -0.4 is 5.32 Å². The molecule has 2 atom stereocenters. The third kappa shape index (κ3) is 3.84. The van der Waals surface area contributed by atoms with Crippen LogP contribution in [0.2, 0.25) is 0 Å². The van der Waals surface area contributed by atoms with E-state index in [0.29, 0.717) is 19.4 Å². The third-order valence-corrected chi connectivity index (χ3v) is 4.42. The number of aromatic carboxylic acids is 1. The molecule has 130 valence electrons. The molecule has 0 bridgehead atoms. The van der Waals surface area contributed by atoms with Gasteiger partial charge in [-0.2, -0.15) is 0 Å². The molecular weight excluding hydrogens is 328 g/mol. The topological polar surface area (TPSA) is 66.4 Å². The fourth-order valence-corrected chi connectivity index (χ4v) is 2.91. The highest BCUT2D eigenvalue weighted by molar-refractivity contribution is 5.87. The average molecular weight is 345 g/mol. The molecular formula is C19H17F2NO3. The first-order valence-corrected chi connectivity index (χ1v) is 8.01. The van der Waals surface area contributed by atoms with Gasteiger partial charge >= 0.3 is 5.97 Å². The average Bonchev–Trinajstić information content (AvgIpc) is 3.38. The number of hydrogen-bond donors (Lipinski definition) is 2. The highest BCUT2D eigenvalue weighted by Crippen LogP contribution is 2.48. The molecule has 2 unspecified atom stereocenters. The summed E-state index contributed by atoms with van der Waals surface area (Å²) in [6, 6.07) is 10.5. The number of rotatable bonds is 6. The molecule has 2 N–H and O–H groups in total. The SMILES string of the molecule is O=C(O)c1ccc(CCNC(=O)C2CC2c2cccc(F)c2F)cc1. The Hall–Kier alpha value is -2.76. The minimum atomic E-state index is -0.982. The molecule has 0 radical (unpaired) electrons. The first-order chi connectivity index (χ1) is 12.0. The Kier molecular flexibility index (Phi) is 4.79. The van der Waals surface area contributed by atoms with Crippen LogP contribution in [0.1, 0.15) is 33.8 Å². The molecule has 1 aliphatic carbocycles. The van der Waals surface area contributed by atoms with E-state index >= 15 is 0 Å². The molecule has 0 aliphatic heterocycles. The Morgan fingerprint density at radius 3 is 2.52 bits per heavy atom. The summed E-state index contributed by atoms with van der Waals surface area (Å²) < 4.78 is 27.0. The van der Waals surface area contributed by atoms with Gasteiger partial charge in [-0.1, -0.05) is 24.3 Å². The van der Waals surface area contributed by atoms with Crippen molar-refractivity contribution in [2.24, 2.45) is 5.92 Å². The Labute approximate surface area is 143 Å². The van der Waals surface area contributed by atoms with Gasteiger partial charge in [0.15, 0.2) is 11.6 Å². The molecule has 3 rings (SSSR count). The molecule has 25 heavy (non-hydrogen) atoms. The zero-order valence-corrected chi connectivity index (χ0v) is 13.3. The van der Waals surface area contributed by atoms with Crippen molar-refractivity contribution < 1.29 is 23.5 Å². The van der Waals surface area contributed by atoms with E-state index in [2.05, 4.69) is 5.32 Å². The highest BCUT2D eigenvalue weighted by Gasteiger charge is 2.45. The van der Waals surface area contributed by atoms with Crippen molar-refractivity contribution in [2.45, 2.75) is 18.8 Å². The summed E-state index contributed by atoms with van der Waals surface area (Å²) in [4.78, 5) is 22.9.